The van der Waals surface area contributed by atoms with E-state index in [1.54, 1.807) is 20.0 Å². The van der Waals surface area contributed by atoms with Gasteiger partial charge in [0.15, 0.2) is 0 Å². The molecule has 0 bridgehead atoms. The molecule has 2 aromatic carbocycles. The Hall–Kier alpha value is -7.52. The number of aromatic nitrogens is 2. The van der Waals surface area contributed by atoms with Crippen LogP contribution in [0.4, 0.5) is 0 Å². The van der Waals surface area contributed by atoms with Crippen LogP contribution in [0.25, 0.3) is 0 Å². The van der Waals surface area contributed by atoms with Crippen molar-refractivity contribution >= 4 is 53.7 Å². The van der Waals surface area contributed by atoms with Gasteiger partial charge in [0.05, 0.1) is 25.0 Å². The van der Waals surface area contributed by atoms with Gasteiger partial charge in [-0.25, -0.2) is 4.98 Å². The van der Waals surface area contributed by atoms with Crippen LogP contribution in [-0.2, 0) is 62.4 Å². The summed E-state index contributed by atoms with van der Waals surface area (Å²) in [6, 6.07) is 11.8. The number of imidazole rings is 1. The molecule has 0 spiro atoms. The second kappa shape index (κ2) is 47.9. The highest BCUT2D eigenvalue weighted by Crippen LogP contribution is 2.04. The minimum Gasteiger partial charge on any atom is -0.480 e. The van der Waals surface area contributed by atoms with Crippen LogP contribution in [-0.4, -0.2) is 171 Å². The van der Waals surface area contributed by atoms with Crippen LogP contribution >= 0.6 is 0 Å². The number of unbranched alkanes of at least 4 members (excludes halogenated alkanes) is 1. The lowest BCUT2D eigenvalue weighted by atomic mass is 10.1. The number of aliphatic hydroxyl groups is 1. The van der Waals surface area contributed by atoms with E-state index in [2.05, 4.69) is 15.7 Å². The fourth-order valence-corrected chi connectivity index (χ4v) is 4.53. The fourth-order valence-electron chi connectivity index (χ4n) is 4.53. The number of aliphatic hydroxyl groups excluding tert-OH is 1. The number of carboxylic acid groups (broad SMARTS) is 8. The predicted octanol–water partition coefficient (Wildman–Crippen LogP) is -2.66. The highest BCUT2D eigenvalue weighted by molar-refractivity contribution is 5.83. The number of carboxylic acids is 8. The third kappa shape index (κ3) is 50.6. The first kappa shape index (κ1) is 79.4. The Morgan fingerprint density at radius 1 is 0.500 bits per heavy atom. The summed E-state index contributed by atoms with van der Waals surface area (Å²) < 4.78 is 0. The average molecular weight is 1120 g/mol. The number of H-pyrrole nitrogens is 1. The van der Waals surface area contributed by atoms with E-state index in [0.717, 1.165) is 24.0 Å². The van der Waals surface area contributed by atoms with Gasteiger partial charge in [0.2, 0.25) is 5.91 Å². The van der Waals surface area contributed by atoms with Crippen LogP contribution in [0.5, 0.6) is 0 Å². The maximum atomic E-state index is 10.4. The van der Waals surface area contributed by atoms with E-state index in [-0.39, 0.29) is 18.8 Å². The van der Waals surface area contributed by atoms with Gasteiger partial charge in [-0.05, 0) is 61.6 Å². The number of aromatic amines is 1. The number of primary amides is 1. The molecular weight excluding hydrogens is 1030 g/mol. The van der Waals surface area contributed by atoms with Crippen molar-refractivity contribution in [3.8, 4) is 0 Å². The van der Waals surface area contributed by atoms with Crippen molar-refractivity contribution in [2.45, 2.75) is 127 Å². The quantitative estimate of drug-likeness (QED) is 0.0407. The Bertz CT molecular complexity index is 2050. The van der Waals surface area contributed by atoms with Gasteiger partial charge in [0.25, 0.3) is 0 Å². The van der Waals surface area contributed by atoms with E-state index in [4.69, 9.17) is 97.6 Å². The first-order chi connectivity index (χ1) is 36.1. The number of aliphatic carboxylic acids is 8. The van der Waals surface area contributed by atoms with Crippen molar-refractivity contribution in [1.82, 2.24) is 9.97 Å². The summed E-state index contributed by atoms with van der Waals surface area (Å²) >= 11 is 0. The highest BCUT2D eigenvalue weighted by atomic mass is 16.4. The lowest BCUT2D eigenvalue weighted by Gasteiger charge is -2.07. The fraction of sp³-hybridized carbons (Fsp3) is 0.500. The van der Waals surface area contributed by atoms with Crippen molar-refractivity contribution in [3.63, 3.8) is 0 Å². The molecule has 30 nitrogen and oxygen atoms in total. The third-order valence-corrected chi connectivity index (χ3v) is 9.12. The zero-order valence-electron chi connectivity index (χ0n) is 44.2. The molecule has 0 saturated heterocycles. The molecule has 1 heterocycles. The lowest BCUT2D eigenvalue weighted by molar-refractivity contribution is -0.140. The van der Waals surface area contributed by atoms with Crippen LogP contribution in [0, 0.1) is 11.8 Å². The van der Waals surface area contributed by atoms with Gasteiger partial charge in [-0.1, -0.05) is 94.8 Å². The summed E-state index contributed by atoms with van der Waals surface area (Å²) in [5.74, 6) is -8.42. The molecule has 1 aromatic heterocycles. The minimum absolute atomic E-state index is 0.0208. The molecule has 0 unspecified atom stereocenters. The number of rotatable bonds is 24. The molecule has 0 aliphatic carbocycles. The van der Waals surface area contributed by atoms with Gasteiger partial charge in [0.1, 0.15) is 48.3 Å². The molecule has 0 aliphatic rings. The van der Waals surface area contributed by atoms with E-state index in [9.17, 15) is 43.2 Å². The highest BCUT2D eigenvalue weighted by Gasteiger charge is 2.16. The molecule has 0 fully saturated rings. The maximum Gasteiger partial charge on any atom is 0.322 e. The summed E-state index contributed by atoms with van der Waals surface area (Å²) in [6.07, 6.45) is 6.56. The van der Waals surface area contributed by atoms with Gasteiger partial charge in [-0.2, -0.15) is 0 Å². The molecule has 0 radical (unpaired) electrons. The normalized spacial score (nSPS) is 13.0. The van der Waals surface area contributed by atoms with E-state index in [1.807, 2.05) is 74.5 Å². The number of amides is 1. The molecule has 1 amide bonds. The number of benzene rings is 2. The lowest BCUT2D eigenvalue weighted by Crippen LogP contribution is -2.34. The monoisotopic (exact) mass is 1120 g/mol. The van der Waals surface area contributed by atoms with Gasteiger partial charge in [-0.3, -0.25) is 43.2 Å². The molecule has 3 rings (SSSR count). The van der Waals surface area contributed by atoms with Crippen molar-refractivity contribution < 1.29 is 89.1 Å². The zero-order valence-corrected chi connectivity index (χ0v) is 44.2. The Labute approximate surface area is 451 Å². The number of nitrogens with zero attached hydrogens (tertiary/aromatic N) is 1. The number of nitrogens with one attached hydrogen (secondary N) is 1. The second-order valence-electron chi connectivity index (χ2n) is 17.1. The van der Waals surface area contributed by atoms with Crippen LogP contribution in [0.1, 0.15) is 76.6 Å². The van der Waals surface area contributed by atoms with Crippen LogP contribution in [0.2, 0.25) is 0 Å². The molecule has 0 saturated carbocycles. The Balaban J connectivity index is -0.000000262. The molecule has 30 N–H and O–H groups in total. The summed E-state index contributed by atoms with van der Waals surface area (Å²) in [7, 11) is 0. The van der Waals surface area contributed by atoms with Crippen molar-refractivity contribution in [3.05, 3.63) is 90.0 Å². The summed E-state index contributed by atoms with van der Waals surface area (Å²) in [5.41, 5.74) is 53.7. The van der Waals surface area contributed by atoms with Crippen molar-refractivity contribution in [2.24, 2.45) is 69.2 Å². The minimum atomic E-state index is -1.21. The zero-order chi connectivity index (χ0) is 61.7. The van der Waals surface area contributed by atoms with Gasteiger partial charge >= 0.3 is 47.8 Å². The number of carbonyl (C=O) groups is 9. The van der Waals surface area contributed by atoms with E-state index < -0.39 is 109 Å². The smallest absolute Gasteiger partial charge is 0.322 e. The first-order valence-corrected chi connectivity index (χ1v) is 23.6. The van der Waals surface area contributed by atoms with E-state index >= 15 is 0 Å². The molecule has 30 heteroatoms. The third-order valence-electron chi connectivity index (χ3n) is 9.12. The Morgan fingerprint density at radius 2 is 0.872 bits per heavy atom. The van der Waals surface area contributed by atoms with E-state index in [0.29, 0.717) is 43.8 Å². The van der Waals surface area contributed by atoms with Crippen LogP contribution < -0.4 is 57.3 Å². The molecular formula is C48H84N12O18. The number of carbonyl (C=O) groups excluding carboxylic acids is 1. The Morgan fingerprint density at radius 3 is 1.09 bits per heavy atom. The molecule has 3 aromatic rings. The van der Waals surface area contributed by atoms with Gasteiger partial charge in [-0.15, -0.1) is 0 Å². The topological polar surface area (TPSA) is 625 Å². The van der Waals surface area contributed by atoms with E-state index in [1.165, 1.54) is 6.33 Å². The van der Waals surface area contributed by atoms with Crippen molar-refractivity contribution in [1.29, 1.82) is 0 Å². The average Bonchev–Trinajstić information content (AvgIpc) is 3.88. The molecule has 0 aliphatic heterocycles. The first-order valence-electron chi connectivity index (χ1n) is 23.6. The van der Waals surface area contributed by atoms with Crippen LogP contribution in [0.15, 0.2) is 73.2 Å². The molecule has 78 heavy (non-hydrogen) atoms. The predicted molar refractivity (Wildman–Crippen MR) is 286 cm³/mol. The van der Waals surface area contributed by atoms with Gasteiger partial charge < -0.3 is 108 Å². The molecule has 444 valence electrons. The van der Waals surface area contributed by atoms with Crippen LogP contribution in [0.3, 0.4) is 0 Å². The molecule has 8 atom stereocenters. The van der Waals surface area contributed by atoms with Gasteiger partial charge in [0, 0.05) is 12.6 Å². The Kier molecular flexibility index (Phi) is 48.7. The largest absolute Gasteiger partial charge is 0.480 e. The number of hydrogen-bond acceptors (Lipinski definition) is 20. The van der Waals surface area contributed by atoms with Crippen molar-refractivity contribution in [2.75, 3.05) is 13.2 Å². The number of nitrogens with two attached hydrogens (primary N) is 10. The SMILES string of the molecule is CC(C)C[C@H](N)C(=O)O.CC(C)[C@H](N)C(=O)O.NC(=O)C[C@H](N)C(=O)O.NCCCC[C@H](N)C(=O)O.N[C@@H](CO)C(=O)O.N[C@@H](Cc1c[nH]cn1)C(=O)O.N[C@@H](Cc1ccccc1)C(=O)O.N[C@@H](Cc1ccccc1)C(=O)O. The summed E-state index contributed by atoms with van der Waals surface area (Å²) in [4.78, 5) is 97.4. The maximum absolute atomic E-state index is 10.4. The number of hydrogen-bond donors (Lipinski definition) is 20. The summed E-state index contributed by atoms with van der Waals surface area (Å²) in [6.45, 7) is 7.55. The standard InChI is InChI=1S/2C9H11NO2.C6H9N3O2.C6H14N2O2.C6H13NO2.C5H11NO2.C4H8N2O3.C3H7NO3/c2*10-8(9(11)12)6-7-4-2-1-3-5-7;7-5(6(10)11)1-4-2-8-3-9-4;7-4-2-1-3-5(8)6(9)10;1-4(2)3-5(7)6(8)9;1-3(2)4(6)5(7)8;5-2(4(8)9)1-3(6)7;4-2(1-5)3(6)7/h2*1-5,8H,6,10H2,(H,11,12);2-3,5H,1,7H2,(H,8,9)(H,10,11);5H,1-4,7-8H2,(H,9,10);4-5H,3,7H2,1-2H3,(H,8,9);3-4H,6H2,1-2H3,(H,7,8);2H,1,5H2,(H2,6,7)(H,8,9);2,5H,1,4H2,(H,6,7)/t2*8-;3*5-;4-;2*2-/m00000000/s1. The summed E-state index contributed by atoms with van der Waals surface area (Å²) in [5, 5.41) is 74.3. The second-order valence-corrected chi connectivity index (χ2v) is 17.1.